The van der Waals surface area contributed by atoms with Gasteiger partial charge in [-0.25, -0.2) is 8.78 Å². The molecule has 2 N–H and O–H groups in total. The largest absolute Gasteiger partial charge is 0.327 e. The maximum absolute atomic E-state index is 13.5. The lowest BCUT2D eigenvalue weighted by molar-refractivity contribution is 0.512. The Morgan fingerprint density at radius 2 is 1.57 bits per heavy atom. The third-order valence-electron chi connectivity index (χ3n) is 3.93. The fourth-order valence-corrected chi connectivity index (χ4v) is 2.61. The van der Waals surface area contributed by atoms with E-state index < -0.39 is 11.6 Å². The third-order valence-corrected chi connectivity index (χ3v) is 3.93. The number of nitrogens with two attached hydrogens (primary N) is 1. The van der Waals surface area contributed by atoms with Crippen LogP contribution in [0.4, 0.5) is 8.78 Å². The van der Waals surface area contributed by atoms with E-state index in [9.17, 15) is 8.78 Å². The van der Waals surface area contributed by atoms with Gasteiger partial charge in [-0.1, -0.05) is 64.4 Å². The van der Waals surface area contributed by atoms with Gasteiger partial charge in [0.05, 0.1) is 0 Å². The molecule has 0 aliphatic rings. The van der Waals surface area contributed by atoms with Crippen LogP contribution >= 0.6 is 0 Å². The number of unbranched alkanes of at least 4 members (excludes halogenated alkanes) is 7. The first-order valence-electron chi connectivity index (χ1n) is 8.33. The number of rotatable bonds is 11. The molecule has 1 unspecified atom stereocenters. The third kappa shape index (κ3) is 8.15. The maximum Gasteiger partial charge on any atom is 0.129 e. The van der Waals surface area contributed by atoms with Crippen LogP contribution in [0.15, 0.2) is 18.2 Å². The molecule has 1 aromatic carbocycles. The Labute approximate surface area is 127 Å². The first-order chi connectivity index (χ1) is 10.1. The normalized spacial score (nSPS) is 12.6. The Kier molecular flexibility index (Phi) is 9.24. The average Bonchev–Trinajstić information content (AvgIpc) is 2.45. The molecule has 0 heterocycles. The molecule has 21 heavy (non-hydrogen) atoms. The molecule has 0 radical (unpaired) electrons. The quantitative estimate of drug-likeness (QED) is 0.546. The minimum Gasteiger partial charge on any atom is -0.327 e. The Hall–Kier alpha value is -0.960. The fourth-order valence-electron chi connectivity index (χ4n) is 2.61. The average molecular weight is 297 g/mol. The predicted octanol–water partition coefficient (Wildman–Crippen LogP) is 5.37. The summed E-state index contributed by atoms with van der Waals surface area (Å²) < 4.78 is 26.3. The zero-order valence-electron chi connectivity index (χ0n) is 13.2. The van der Waals surface area contributed by atoms with Gasteiger partial charge in [-0.15, -0.1) is 0 Å². The summed E-state index contributed by atoms with van der Waals surface area (Å²) in [5.74, 6) is -1.02. The molecule has 0 fully saturated rings. The van der Waals surface area contributed by atoms with Gasteiger partial charge in [-0.05, 0) is 24.5 Å². The molecule has 1 atom stereocenters. The van der Waals surface area contributed by atoms with Crippen LogP contribution in [0.1, 0.15) is 70.3 Å². The Balaban J connectivity index is 2.10. The molecule has 120 valence electrons. The van der Waals surface area contributed by atoms with E-state index in [-0.39, 0.29) is 6.04 Å². The first kappa shape index (κ1) is 18.1. The van der Waals surface area contributed by atoms with Crippen molar-refractivity contribution in [2.75, 3.05) is 0 Å². The van der Waals surface area contributed by atoms with Crippen molar-refractivity contribution in [3.63, 3.8) is 0 Å². The lowest BCUT2D eigenvalue weighted by atomic mass is 10.00. The zero-order valence-corrected chi connectivity index (χ0v) is 13.2. The van der Waals surface area contributed by atoms with Gasteiger partial charge < -0.3 is 5.73 Å². The lowest BCUT2D eigenvalue weighted by Crippen LogP contribution is -2.23. The van der Waals surface area contributed by atoms with Crippen molar-refractivity contribution in [2.45, 2.75) is 77.2 Å². The summed E-state index contributed by atoms with van der Waals surface area (Å²) in [6.45, 7) is 2.23. The van der Waals surface area contributed by atoms with E-state index in [1.807, 2.05) is 0 Å². The van der Waals surface area contributed by atoms with E-state index >= 15 is 0 Å². The second-order valence-corrected chi connectivity index (χ2v) is 5.96. The summed E-state index contributed by atoms with van der Waals surface area (Å²) in [4.78, 5) is 0. The Morgan fingerprint density at radius 1 is 0.952 bits per heavy atom. The van der Waals surface area contributed by atoms with Gasteiger partial charge in [0, 0.05) is 12.1 Å². The second-order valence-electron chi connectivity index (χ2n) is 5.96. The Morgan fingerprint density at radius 3 is 2.19 bits per heavy atom. The van der Waals surface area contributed by atoms with E-state index in [4.69, 9.17) is 5.73 Å². The Bertz CT molecular complexity index is 393. The molecule has 0 spiro atoms. The molecule has 0 aliphatic heterocycles. The number of halogens is 2. The van der Waals surface area contributed by atoms with Crippen LogP contribution in [0.5, 0.6) is 0 Å². The summed E-state index contributed by atoms with van der Waals surface area (Å²) in [5.41, 5.74) is 6.55. The molecule has 1 aromatic rings. The van der Waals surface area contributed by atoms with Gasteiger partial charge in [0.2, 0.25) is 0 Å². The van der Waals surface area contributed by atoms with Crippen molar-refractivity contribution in [3.8, 4) is 0 Å². The molecule has 1 rings (SSSR count). The molecular formula is C18H29F2N. The molecule has 0 aromatic heterocycles. The van der Waals surface area contributed by atoms with E-state index in [2.05, 4.69) is 6.92 Å². The van der Waals surface area contributed by atoms with Gasteiger partial charge in [-0.3, -0.25) is 0 Å². The van der Waals surface area contributed by atoms with Crippen molar-refractivity contribution in [1.82, 2.24) is 0 Å². The minimum atomic E-state index is -0.534. The van der Waals surface area contributed by atoms with Crippen LogP contribution in [-0.4, -0.2) is 6.04 Å². The van der Waals surface area contributed by atoms with Crippen molar-refractivity contribution in [2.24, 2.45) is 5.73 Å². The van der Waals surface area contributed by atoms with E-state index in [1.54, 1.807) is 0 Å². The second kappa shape index (κ2) is 10.7. The van der Waals surface area contributed by atoms with Crippen LogP contribution in [0, 0.1) is 11.6 Å². The van der Waals surface area contributed by atoms with Crippen LogP contribution in [0.25, 0.3) is 0 Å². The monoisotopic (exact) mass is 297 g/mol. The van der Waals surface area contributed by atoms with Crippen LogP contribution < -0.4 is 5.73 Å². The van der Waals surface area contributed by atoms with E-state index in [0.29, 0.717) is 12.0 Å². The summed E-state index contributed by atoms with van der Waals surface area (Å²) >= 11 is 0. The van der Waals surface area contributed by atoms with Crippen molar-refractivity contribution in [1.29, 1.82) is 0 Å². The van der Waals surface area contributed by atoms with Gasteiger partial charge >= 0.3 is 0 Å². The van der Waals surface area contributed by atoms with Gasteiger partial charge in [-0.2, -0.15) is 0 Å². The predicted molar refractivity (Wildman–Crippen MR) is 85.3 cm³/mol. The summed E-state index contributed by atoms with van der Waals surface area (Å²) in [5, 5.41) is 0. The SMILES string of the molecule is CCCCCCCCCCC(N)Cc1ccc(F)cc1F. The molecule has 0 aliphatic carbocycles. The maximum atomic E-state index is 13.5. The van der Waals surface area contributed by atoms with Crippen LogP contribution in [0.2, 0.25) is 0 Å². The highest BCUT2D eigenvalue weighted by atomic mass is 19.1. The molecule has 0 amide bonds. The van der Waals surface area contributed by atoms with Gasteiger partial charge in [0.25, 0.3) is 0 Å². The van der Waals surface area contributed by atoms with Crippen molar-refractivity contribution < 1.29 is 8.78 Å². The van der Waals surface area contributed by atoms with Gasteiger partial charge in [0.1, 0.15) is 11.6 Å². The summed E-state index contributed by atoms with van der Waals surface area (Å²) in [6.07, 6.45) is 11.6. The van der Waals surface area contributed by atoms with Gasteiger partial charge in [0.15, 0.2) is 0 Å². The first-order valence-corrected chi connectivity index (χ1v) is 8.33. The number of hydrogen-bond acceptors (Lipinski definition) is 1. The smallest absolute Gasteiger partial charge is 0.129 e. The molecule has 0 saturated heterocycles. The van der Waals surface area contributed by atoms with E-state index in [0.717, 1.165) is 18.9 Å². The standard InChI is InChI=1S/C18H29F2N/c1-2-3-4-5-6-7-8-9-10-17(21)13-15-11-12-16(19)14-18(15)20/h11-12,14,17H,2-10,13,21H2,1H3. The molecule has 0 bridgehead atoms. The van der Waals surface area contributed by atoms with E-state index in [1.165, 1.54) is 57.1 Å². The molecule has 0 saturated carbocycles. The highest BCUT2D eigenvalue weighted by molar-refractivity contribution is 5.19. The zero-order chi connectivity index (χ0) is 15.5. The van der Waals surface area contributed by atoms with Crippen LogP contribution in [-0.2, 0) is 6.42 Å². The lowest BCUT2D eigenvalue weighted by Gasteiger charge is -2.12. The van der Waals surface area contributed by atoms with Crippen LogP contribution in [0.3, 0.4) is 0 Å². The highest BCUT2D eigenvalue weighted by Gasteiger charge is 2.09. The number of benzene rings is 1. The molecule has 1 nitrogen and oxygen atoms in total. The number of hydrogen-bond donors (Lipinski definition) is 1. The fraction of sp³-hybridized carbons (Fsp3) is 0.667. The highest BCUT2D eigenvalue weighted by Crippen LogP contribution is 2.14. The summed E-state index contributed by atoms with van der Waals surface area (Å²) in [7, 11) is 0. The van der Waals surface area contributed by atoms with Crippen molar-refractivity contribution in [3.05, 3.63) is 35.4 Å². The minimum absolute atomic E-state index is 0.0370. The molecule has 3 heteroatoms. The van der Waals surface area contributed by atoms with Crippen molar-refractivity contribution >= 4 is 0 Å². The topological polar surface area (TPSA) is 26.0 Å². The summed E-state index contributed by atoms with van der Waals surface area (Å²) in [6, 6.07) is 3.68. The molecular weight excluding hydrogens is 268 g/mol.